The summed E-state index contributed by atoms with van der Waals surface area (Å²) in [6, 6.07) is 6.29. The van der Waals surface area contributed by atoms with Crippen molar-refractivity contribution in [2.45, 2.75) is 26.7 Å². The summed E-state index contributed by atoms with van der Waals surface area (Å²) in [7, 11) is 3.78. The van der Waals surface area contributed by atoms with Crippen molar-refractivity contribution in [1.82, 2.24) is 4.90 Å². The van der Waals surface area contributed by atoms with Gasteiger partial charge in [0, 0.05) is 5.69 Å². The molecule has 3 heteroatoms. The number of anilines is 1. The zero-order valence-electron chi connectivity index (χ0n) is 11.2. The van der Waals surface area contributed by atoms with Crippen LogP contribution in [-0.4, -0.2) is 31.4 Å². The molecule has 0 atom stereocenters. The van der Waals surface area contributed by atoms with E-state index >= 15 is 0 Å². The average molecular weight is 234 g/mol. The van der Waals surface area contributed by atoms with Crippen LogP contribution in [0.15, 0.2) is 18.2 Å². The van der Waals surface area contributed by atoms with Crippen molar-refractivity contribution in [2.75, 3.05) is 26.0 Å². The number of amides is 1. The van der Waals surface area contributed by atoms with E-state index in [9.17, 15) is 4.79 Å². The lowest BCUT2D eigenvalue weighted by atomic mass is 10.1. The number of benzene rings is 1. The maximum absolute atomic E-state index is 11.7. The third kappa shape index (κ3) is 4.57. The Morgan fingerprint density at radius 2 is 1.65 bits per heavy atom. The largest absolute Gasteiger partial charge is 0.325 e. The second-order valence-corrected chi connectivity index (χ2v) is 4.53. The van der Waals surface area contributed by atoms with Gasteiger partial charge in [-0.2, -0.15) is 0 Å². The van der Waals surface area contributed by atoms with Crippen molar-refractivity contribution in [3.8, 4) is 0 Å². The lowest BCUT2D eigenvalue weighted by molar-refractivity contribution is -0.116. The maximum Gasteiger partial charge on any atom is 0.238 e. The van der Waals surface area contributed by atoms with Gasteiger partial charge in [-0.1, -0.05) is 19.9 Å². The minimum Gasteiger partial charge on any atom is -0.325 e. The molecule has 17 heavy (non-hydrogen) atoms. The van der Waals surface area contributed by atoms with Gasteiger partial charge in [-0.05, 0) is 50.2 Å². The molecule has 0 fully saturated rings. The number of hydrogen-bond donors (Lipinski definition) is 1. The van der Waals surface area contributed by atoms with E-state index < -0.39 is 0 Å². The topological polar surface area (TPSA) is 32.3 Å². The molecule has 0 aliphatic carbocycles. The fourth-order valence-electron chi connectivity index (χ4n) is 1.73. The first-order valence-electron chi connectivity index (χ1n) is 6.12. The minimum absolute atomic E-state index is 0.0327. The molecule has 0 aromatic heterocycles. The van der Waals surface area contributed by atoms with Crippen LogP contribution in [0.3, 0.4) is 0 Å². The summed E-state index contributed by atoms with van der Waals surface area (Å²) in [5.74, 6) is 0.0327. The number of aryl methyl sites for hydroxylation is 2. The summed E-state index contributed by atoms with van der Waals surface area (Å²) < 4.78 is 0. The summed E-state index contributed by atoms with van der Waals surface area (Å²) in [6.07, 6.45) is 1.98. The molecule has 0 unspecified atom stereocenters. The smallest absolute Gasteiger partial charge is 0.238 e. The van der Waals surface area contributed by atoms with Gasteiger partial charge in [-0.15, -0.1) is 0 Å². The SMILES string of the molecule is CCc1cc(CC)cc(NC(=O)CN(C)C)c1. The van der Waals surface area contributed by atoms with Gasteiger partial charge in [0.15, 0.2) is 0 Å². The Bertz CT molecular complexity index is 364. The molecule has 0 spiro atoms. The molecule has 0 saturated carbocycles. The molecule has 0 aliphatic heterocycles. The number of carbonyl (C=O) groups excluding carboxylic acids is 1. The lowest BCUT2D eigenvalue weighted by Gasteiger charge is -2.12. The summed E-state index contributed by atoms with van der Waals surface area (Å²) >= 11 is 0. The van der Waals surface area contributed by atoms with E-state index in [-0.39, 0.29) is 5.91 Å². The molecule has 0 aliphatic rings. The van der Waals surface area contributed by atoms with Crippen LogP contribution in [0.25, 0.3) is 0 Å². The van der Waals surface area contributed by atoms with Crippen LogP contribution in [0.5, 0.6) is 0 Å². The Labute approximate surface area is 104 Å². The van der Waals surface area contributed by atoms with Gasteiger partial charge in [0.1, 0.15) is 0 Å². The van der Waals surface area contributed by atoms with Crippen molar-refractivity contribution in [3.63, 3.8) is 0 Å². The Balaban J connectivity index is 2.79. The number of hydrogen-bond acceptors (Lipinski definition) is 2. The number of likely N-dealkylation sites (N-methyl/N-ethyl adjacent to an activating group) is 1. The number of carbonyl (C=O) groups is 1. The van der Waals surface area contributed by atoms with Gasteiger partial charge < -0.3 is 10.2 Å². The highest BCUT2D eigenvalue weighted by atomic mass is 16.2. The summed E-state index contributed by atoms with van der Waals surface area (Å²) in [4.78, 5) is 13.5. The van der Waals surface area contributed by atoms with Crippen LogP contribution in [0.1, 0.15) is 25.0 Å². The molecule has 1 aromatic rings. The zero-order chi connectivity index (χ0) is 12.8. The second kappa shape index (κ2) is 6.40. The Hall–Kier alpha value is -1.35. The van der Waals surface area contributed by atoms with Crippen LogP contribution in [0, 0.1) is 0 Å². The molecule has 1 rings (SSSR count). The quantitative estimate of drug-likeness (QED) is 0.848. The third-order valence-electron chi connectivity index (χ3n) is 2.61. The molecule has 1 N–H and O–H groups in total. The van der Waals surface area contributed by atoms with Crippen LogP contribution < -0.4 is 5.32 Å². The predicted molar refractivity (Wildman–Crippen MR) is 72.4 cm³/mol. The standard InChI is InChI=1S/C14H22N2O/c1-5-11-7-12(6-2)9-13(8-11)15-14(17)10-16(3)4/h7-9H,5-6,10H2,1-4H3,(H,15,17). The van der Waals surface area contributed by atoms with Crippen molar-refractivity contribution < 1.29 is 4.79 Å². The van der Waals surface area contributed by atoms with E-state index in [1.54, 1.807) is 0 Å². The molecular weight excluding hydrogens is 212 g/mol. The van der Waals surface area contributed by atoms with Gasteiger partial charge in [-0.3, -0.25) is 4.79 Å². The highest BCUT2D eigenvalue weighted by Crippen LogP contribution is 2.16. The molecule has 94 valence electrons. The van der Waals surface area contributed by atoms with E-state index in [0.29, 0.717) is 6.54 Å². The number of nitrogens with one attached hydrogen (secondary N) is 1. The maximum atomic E-state index is 11.7. The first-order chi connectivity index (χ1) is 8.05. The van der Waals surface area contributed by atoms with Gasteiger partial charge in [0.05, 0.1) is 6.54 Å². The van der Waals surface area contributed by atoms with E-state index in [2.05, 4.69) is 25.2 Å². The molecule has 0 radical (unpaired) electrons. The normalized spacial score (nSPS) is 10.6. The Kier molecular flexibility index (Phi) is 5.16. The molecule has 0 saturated heterocycles. The van der Waals surface area contributed by atoms with Crippen molar-refractivity contribution in [1.29, 1.82) is 0 Å². The lowest BCUT2D eigenvalue weighted by Crippen LogP contribution is -2.27. The molecular formula is C14H22N2O. The Morgan fingerprint density at radius 3 is 2.06 bits per heavy atom. The van der Waals surface area contributed by atoms with Crippen molar-refractivity contribution in [3.05, 3.63) is 29.3 Å². The molecule has 1 amide bonds. The third-order valence-corrected chi connectivity index (χ3v) is 2.61. The van der Waals surface area contributed by atoms with Crippen LogP contribution in [0.4, 0.5) is 5.69 Å². The van der Waals surface area contributed by atoms with Crippen molar-refractivity contribution >= 4 is 11.6 Å². The highest BCUT2D eigenvalue weighted by Gasteiger charge is 2.05. The van der Waals surface area contributed by atoms with Gasteiger partial charge in [-0.25, -0.2) is 0 Å². The van der Waals surface area contributed by atoms with Crippen LogP contribution in [0.2, 0.25) is 0 Å². The molecule has 0 heterocycles. The van der Waals surface area contributed by atoms with Crippen LogP contribution >= 0.6 is 0 Å². The van der Waals surface area contributed by atoms with Gasteiger partial charge in [0.2, 0.25) is 5.91 Å². The van der Waals surface area contributed by atoms with E-state index in [1.807, 2.05) is 31.1 Å². The predicted octanol–water partition coefficient (Wildman–Crippen LogP) is 2.31. The second-order valence-electron chi connectivity index (χ2n) is 4.53. The summed E-state index contributed by atoms with van der Waals surface area (Å²) in [5, 5.41) is 2.94. The van der Waals surface area contributed by atoms with Crippen molar-refractivity contribution in [2.24, 2.45) is 0 Å². The number of rotatable bonds is 5. The van der Waals surface area contributed by atoms with Crippen LogP contribution in [-0.2, 0) is 17.6 Å². The molecule has 3 nitrogen and oxygen atoms in total. The van der Waals surface area contributed by atoms with E-state index in [4.69, 9.17) is 0 Å². The summed E-state index contributed by atoms with van der Waals surface area (Å²) in [6.45, 7) is 4.66. The van der Waals surface area contributed by atoms with Gasteiger partial charge >= 0.3 is 0 Å². The van der Waals surface area contributed by atoms with E-state index in [1.165, 1.54) is 11.1 Å². The summed E-state index contributed by atoms with van der Waals surface area (Å²) in [5.41, 5.74) is 3.45. The zero-order valence-corrected chi connectivity index (χ0v) is 11.2. The average Bonchev–Trinajstić information content (AvgIpc) is 2.27. The minimum atomic E-state index is 0.0327. The molecule has 1 aromatic carbocycles. The first kappa shape index (κ1) is 13.7. The Morgan fingerprint density at radius 1 is 1.12 bits per heavy atom. The van der Waals surface area contributed by atoms with E-state index in [0.717, 1.165) is 18.5 Å². The number of nitrogens with zero attached hydrogens (tertiary/aromatic N) is 1. The molecule has 0 bridgehead atoms. The highest BCUT2D eigenvalue weighted by molar-refractivity contribution is 5.92. The monoisotopic (exact) mass is 234 g/mol. The fraction of sp³-hybridized carbons (Fsp3) is 0.500. The first-order valence-corrected chi connectivity index (χ1v) is 6.12. The fourth-order valence-corrected chi connectivity index (χ4v) is 1.73. The van der Waals surface area contributed by atoms with Gasteiger partial charge in [0.25, 0.3) is 0 Å².